The molecule has 2 N–H and O–H groups in total. The van der Waals surface area contributed by atoms with E-state index in [0.29, 0.717) is 11.3 Å². The predicted molar refractivity (Wildman–Crippen MR) is 70.0 cm³/mol. The van der Waals surface area contributed by atoms with Crippen molar-refractivity contribution in [2.24, 2.45) is 16.7 Å². The highest BCUT2D eigenvalue weighted by Gasteiger charge is 2.61. The second-order valence-corrected chi connectivity index (χ2v) is 7.95. The number of carbonyl (C=O) groups excluding carboxylic acids is 1. The maximum Gasteiger partial charge on any atom is 0.217 e. The van der Waals surface area contributed by atoms with Gasteiger partial charge in [-0.25, -0.2) is 0 Å². The van der Waals surface area contributed by atoms with E-state index in [2.05, 4.69) is 19.2 Å². The van der Waals surface area contributed by atoms with E-state index in [1.807, 2.05) is 0 Å². The number of carbonyl (C=O) groups is 1. The van der Waals surface area contributed by atoms with Gasteiger partial charge in [-0.2, -0.15) is 0 Å². The summed E-state index contributed by atoms with van der Waals surface area (Å²) in [6.07, 6.45) is 6.00. The Morgan fingerprint density at radius 3 is 2.56 bits per heavy atom. The molecule has 0 radical (unpaired) electrons. The average Bonchev–Trinajstić information content (AvgIpc) is 2.23. The normalized spacial score (nSPS) is 54.2. The van der Waals surface area contributed by atoms with Gasteiger partial charge in [-0.05, 0) is 55.3 Å². The Morgan fingerprint density at radius 2 is 1.89 bits per heavy atom. The van der Waals surface area contributed by atoms with E-state index >= 15 is 0 Å². The summed E-state index contributed by atoms with van der Waals surface area (Å²) in [5.74, 6) is 0.718. The van der Waals surface area contributed by atoms with Crippen LogP contribution in [0.1, 0.15) is 59.3 Å². The zero-order valence-electron chi connectivity index (χ0n) is 11.8. The minimum atomic E-state index is -0.255. The Balaban J connectivity index is 1.99. The summed E-state index contributed by atoms with van der Waals surface area (Å²) in [4.78, 5) is 11.5. The molecule has 3 nitrogen and oxygen atoms in total. The fourth-order valence-corrected chi connectivity index (χ4v) is 5.82. The van der Waals surface area contributed by atoms with Gasteiger partial charge in [-0.1, -0.05) is 13.8 Å². The van der Waals surface area contributed by atoms with Crippen molar-refractivity contribution in [1.29, 1.82) is 0 Å². The van der Waals surface area contributed by atoms with Gasteiger partial charge in [0.25, 0.3) is 0 Å². The second-order valence-electron chi connectivity index (χ2n) is 7.95. The van der Waals surface area contributed by atoms with E-state index in [9.17, 15) is 9.90 Å². The minimum Gasteiger partial charge on any atom is -0.393 e. The third-order valence-corrected chi connectivity index (χ3v) is 5.73. The molecule has 3 bridgehead atoms. The highest BCUT2D eigenvalue weighted by atomic mass is 16.3. The molecule has 0 aromatic carbocycles. The van der Waals surface area contributed by atoms with Crippen molar-refractivity contribution < 1.29 is 9.90 Å². The molecule has 0 spiro atoms. The van der Waals surface area contributed by atoms with Crippen LogP contribution in [0.15, 0.2) is 0 Å². The van der Waals surface area contributed by atoms with Crippen LogP contribution in [-0.2, 0) is 4.79 Å². The first-order valence-corrected chi connectivity index (χ1v) is 7.21. The van der Waals surface area contributed by atoms with Crippen molar-refractivity contribution in [3.63, 3.8) is 0 Å². The van der Waals surface area contributed by atoms with Gasteiger partial charge in [0.2, 0.25) is 5.91 Å². The Kier molecular flexibility index (Phi) is 2.42. The van der Waals surface area contributed by atoms with Gasteiger partial charge in [0.15, 0.2) is 0 Å². The maximum atomic E-state index is 11.5. The largest absolute Gasteiger partial charge is 0.393 e. The molecule has 0 saturated heterocycles. The topological polar surface area (TPSA) is 49.3 Å². The smallest absolute Gasteiger partial charge is 0.217 e. The predicted octanol–water partition coefficient (Wildman–Crippen LogP) is 2.23. The maximum absolute atomic E-state index is 11.5. The molecule has 3 aliphatic rings. The summed E-state index contributed by atoms with van der Waals surface area (Å²) in [5, 5.41) is 13.5. The Labute approximate surface area is 109 Å². The highest BCUT2D eigenvalue weighted by molar-refractivity contribution is 5.74. The molecule has 3 heteroatoms. The molecule has 3 aliphatic carbocycles. The highest BCUT2D eigenvalue weighted by Crippen LogP contribution is 2.66. The van der Waals surface area contributed by atoms with Crippen LogP contribution in [0.3, 0.4) is 0 Å². The lowest BCUT2D eigenvalue weighted by Crippen LogP contribution is -2.54. The first-order chi connectivity index (χ1) is 8.24. The van der Waals surface area contributed by atoms with Crippen LogP contribution in [0, 0.1) is 16.7 Å². The second kappa shape index (κ2) is 3.50. The lowest BCUT2D eigenvalue weighted by Gasteiger charge is -2.45. The number of rotatable bonds is 1. The average molecular weight is 251 g/mol. The Bertz CT molecular complexity index is 396. The molecule has 0 aromatic heterocycles. The number of hydrogen-bond acceptors (Lipinski definition) is 2. The van der Waals surface area contributed by atoms with Gasteiger partial charge in [-0.3, -0.25) is 4.79 Å². The number of fused-ring (bicyclic) bond motifs is 2. The van der Waals surface area contributed by atoms with Gasteiger partial charge in [-0.15, -0.1) is 0 Å². The summed E-state index contributed by atoms with van der Waals surface area (Å²) in [6, 6.07) is 0. The molecule has 5 unspecified atom stereocenters. The Morgan fingerprint density at radius 1 is 1.17 bits per heavy atom. The first kappa shape index (κ1) is 12.5. The molecular formula is C15H25NO2. The first-order valence-electron chi connectivity index (χ1n) is 7.21. The molecule has 3 rings (SSSR count). The molecular weight excluding hydrogens is 226 g/mol. The van der Waals surface area contributed by atoms with E-state index in [1.165, 1.54) is 12.8 Å². The quantitative estimate of drug-likeness (QED) is 0.751. The van der Waals surface area contributed by atoms with E-state index in [0.717, 1.165) is 25.7 Å². The fourth-order valence-electron chi connectivity index (χ4n) is 5.82. The fraction of sp³-hybridized carbons (Fsp3) is 0.933. The number of nitrogens with one attached hydrogen (secondary N) is 1. The molecule has 1 amide bonds. The van der Waals surface area contributed by atoms with Gasteiger partial charge in [0.05, 0.1) is 6.10 Å². The summed E-state index contributed by atoms with van der Waals surface area (Å²) in [5.41, 5.74) is 0.502. The van der Waals surface area contributed by atoms with Crippen LogP contribution in [-0.4, -0.2) is 22.7 Å². The third kappa shape index (κ3) is 1.78. The van der Waals surface area contributed by atoms with Gasteiger partial charge >= 0.3 is 0 Å². The van der Waals surface area contributed by atoms with Crippen LogP contribution in [0.4, 0.5) is 0 Å². The number of aliphatic hydroxyl groups excluding tert-OH is 1. The van der Waals surface area contributed by atoms with Crippen molar-refractivity contribution in [1.82, 2.24) is 5.32 Å². The van der Waals surface area contributed by atoms with Crippen molar-refractivity contribution in [3.05, 3.63) is 0 Å². The summed E-state index contributed by atoms with van der Waals surface area (Å²) >= 11 is 0. The van der Waals surface area contributed by atoms with Gasteiger partial charge in [0.1, 0.15) is 0 Å². The number of aliphatic hydroxyl groups is 1. The van der Waals surface area contributed by atoms with Gasteiger partial charge < -0.3 is 10.4 Å². The van der Waals surface area contributed by atoms with Crippen LogP contribution in [0.25, 0.3) is 0 Å². The van der Waals surface area contributed by atoms with Crippen molar-refractivity contribution >= 4 is 5.91 Å². The monoisotopic (exact) mass is 251 g/mol. The zero-order chi connectivity index (χ0) is 13.2. The van der Waals surface area contributed by atoms with Crippen LogP contribution >= 0.6 is 0 Å². The molecule has 5 atom stereocenters. The van der Waals surface area contributed by atoms with Crippen molar-refractivity contribution in [3.8, 4) is 0 Å². The molecule has 0 aliphatic heterocycles. The molecule has 102 valence electrons. The van der Waals surface area contributed by atoms with Gasteiger partial charge in [0, 0.05) is 12.5 Å². The lowest BCUT2D eigenvalue weighted by atomic mass is 9.66. The van der Waals surface area contributed by atoms with E-state index in [-0.39, 0.29) is 23.0 Å². The third-order valence-electron chi connectivity index (χ3n) is 5.73. The molecule has 18 heavy (non-hydrogen) atoms. The van der Waals surface area contributed by atoms with E-state index in [1.54, 1.807) is 6.92 Å². The van der Waals surface area contributed by atoms with Crippen molar-refractivity contribution in [2.75, 3.05) is 0 Å². The van der Waals surface area contributed by atoms with E-state index in [4.69, 9.17) is 0 Å². The summed E-state index contributed by atoms with van der Waals surface area (Å²) in [6.45, 7) is 6.32. The van der Waals surface area contributed by atoms with Crippen LogP contribution in [0.2, 0.25) is 0 Å². The van der Waals surface area contributed by atoms with Crippen molar-refractivity contribution in [2.45, 2.75) is 70.9 Å². The Hall–Kier alpha value is -0.570. The number of amides is 1. The molecule has 0 aromatic rings. The lowest BCUT2D eigenvalue weighted by molar-refractivity contribution is -0.122. The molecule has 0 heterocycles. The van der Waals surface area contributed by atoms with E-state index < -0.39 is 0 Å². The summed E-state index contributed by atoms with van der Waals surface area (Å²) in [7, 11) is 0. The molecule has 3 saturated carbocycles. The SMILES string of the molecule is CC(=O)NC12CC(O)CC3(C)CC(C)(CC3C1)C2. The zero-order valence-corrected chi connectivity index (χ0v) is 11.8. The van der Waals surface area contributed by atoms with Crippen LogP contribution in [0.5, 0.6) is 0 Å². The standard InChI is InChI=1S/C15H25NO2/c1-10(17)16-15-5-11-4-13(2,9-15)8-14(11,3)6-12(18)7-15/h11-12,18H,4-9H2,1-3H3,(H,16,17). The van der Waals surface area contributed by atoms with Crippen LogP contribution < -0.4 is 5.32 Å². The summed E-state index contributed by atoms with van der Waals surface area (Å²) < 4.78 is 0. The molecule has 3 fully saturated rings. The minimum absolute atomic E-state index is 0.0516. The number of hydrogen-bond donors (Lipinski definition) is 2.